The van der Waals surface area contributed by atoms with Gasteiger partial charge in [0.1, 0.15) is 6.20 Å². The van der Waals surface area contributed by atoms with Crippen LogP contribution in [-0.2, 0) is 0 Å². The molecule has 6 heteroatoms. The molecule has 0 aliphatic heterocycles. The van der Waals surface area contributed by atoms with E-state index in [4.69, 9.17) is 9.84 Å². The summed E-state index contributed by atoms with van der Waals surface area (Å²) in [4.78, 5) is 0. The molecule has 4 aromatic heterocycles. The van der Waals surface area contributed by atoms with Gasteiger partial charge >= 0.3 is 170 Å². The summed E-state index contributed by atoms with van der Waals surface area (Å²) in [6.45, 7) is 0. The number of hydrogen-bond donors (Lipinski definition) is 0. The molecule has 5 nitrogen and oxygen atoms in total. The molecule has 0 aliphatic carbocycles. The van der Waals surface area contributed by atoms with Crippen LogP contribution in [0.3, 0.4) is 0 Å². The molecule has 0 N–H and O–H groups in total. The van der Waals surface area contributed by atoms with Gasteiger partial charge in [0.15, 0.2) is 0 Å². The van der Waals surface area contributed by atoms with Gasteiger partial charge in [-0.1, -0.05) is 18.2 Å². The van der Waals surface area contributed by atoms with Gasteiger partial charge < -0.3 is 0 Å². The minimum absolute atomic E-state index is 0.292. The number of aromatic nitrogens is 4. The second-order valence-electron chi connectivity index (χ2n) is 9.17. The molecular weight excluding hydrogens is 535 g/mol. The van der Waals surface area contributed by atoms with Gasteiger partial charge in [-0.3, -0.25) is 0 Å². The molecule has 0 unspecified atom stereocenters. The normalized spacial score (nSPS) is 11.7. The number of nitrogens with zero attached hydrogens (tertiary/aromatic N) is 4. The van der Waals surface area contributed by atoms with Crippen LogP contribution in [0.2, 0.25) is 0 Å². The molecule has 4 heterocycles. The molecule has 0 amide bonds. The van der Waals surface area contributed by atoms with E-state index in [2.05, 4.69) is 83.8 Å². The molecule has 0 fully saturated rings. The van der Waals surface area contributed by atoms with Crippen molar-refractivity contribution in [2.24, 2.45) is 0 Å². The van der Waals surface area contributed by atoms with Crippen molar-refractivity contribution in [3.8, 4) is 17.2 Å². The van der Waals surface area contributed by atoms with Gasteiger partial charge in [-0.25, -0.2) is 0 Å². The van der Waals surface area contributed by atoms with E-state index in [1.165, 1.54) is 24.7 Å². The maximum atomic E-state index is 6.40. The standard InChI is InChI=1S/C32H20N4OSe/c1-6-17-34(18-7-1)36-28-13-4-2-11-25(28)26-16-15-24(20-29(26)36)37-23-10-8-9-22(19-23)35-21-31-32(33-35)27-12-3-5-14-30(27)38-31/h1-17,19-21H. The van der Waals surface area contributed by atoms with Crippen molar-refractivity contribution < 1.29 is 9.41 Å². The summed E-state index contributed by atoms with van der Waals surface area (Å²) in [7, 11) is 0. The second kappa shape index (κ2) is 8.45. The number of rotatable bonds is 4. The first-order valence-electron chi connectivity index (χ1n) is 12.4. The Balaban J connectivity index is 1.19. The van der Waals surface area contributed by atoms with Crippen molar-refractivity contribution in [2.45, 2.75) is 0 Å². The average Bonchev–Trinajstić information content (AvgIpc) is 3.63. The fourth-order valence-corrected chi connectivity index (χ4v) is 7.37. The van der Waals surface area contributed by atoms with Gasteiger partial charge in [0.25, 0.3) is 0 Å². The van der Waals surface area contributed by atoms with Crippen LogP contribution >= 0.6 is 0 Å². The number of ether oxygens (including phenoxy) is 1. The Hall–Kier alpha value is -4.64. The fraction of sp³-hybridized carbons (Fsp3) is 0. The fourth-order valence-electron chi connectivity index (χ4n) is 5.15. The Bertz CT molecular complexity index is 2120. The van der Waals surface area contributed by atoms with Crippen LogP contribution in [0.4, 0.5) is 0 Å². The number of fused-ring (bicyclic) bond motifs is 6. The monoisotopic (exact) mass is 556 g/mol. The van der Waals surface area contributed by atoms with E-state index < -0.39 is 0 Å². The molecule has 8 rings (SSSR count). The Morgan fingerprint density at radius 1 is 0.711 bits per heavy atom. The first kappa shape index (κ1) is 21.4. The maximum absolute atomic E-state index is 6.40. The van der Waals surface area contributed by atoms with Crippen molar-refractivity contribution >= 4 is 55.7 Å². The zero-order chi connectivity index (χ0) is 25.1. The molecule has 8 aromatic rings. The van der Waals surface area contributed by atoms with Crippen molar-refractivity contribution in [2.75, 3.05) is 0 Å². The molecule has 0 radical (unpaired) electrons. The van der Waals surface area contributed by atoms with E-state index >= 15 is 0 Å². The Labute approximate surface area is 224 Å². The van der Waals surface area contributed by atoms with Crippen molar-refractivity contribution in [3.05, 3.63) is 128 Å². The van der Waals surface area contributed by atoms with Gasteiger partial charge in [0.05, 0.1) is 6.20 Å². The van der Waals surface area contributed by atoms with Gasteiger partial charge in [0, 0.05) is 0 Å². The molecule has 180 valence electrons. The molecule has 4 aromatic carbocycles. The average molecular weight is 555 g/mol. The van der Waals surface area contributed by atoms with Crippen LogP contribution in [0.15, 0.2) is 122 Å². The van der Waals surface area contributed by atoms with Crippen LogP contribution in [0.25, 0.3) is 46.9 Å². The SMILES string of the molecule is [c-]1cccc[n+]1-n1c2ccccc2c2ccc(Oc3cccc(-n4cc5[se]c6ccccc6c5n4)c3)cc21. The number of benzene rings is 4. The Kier molecular flexibility index (Phi) is 4.77. The first-order valence-corrected chi connectivity index (χ1v) is 14.1. The molecule has 0 aliphatic rings. The molecule has 0 atom stereocenters. The third-order valence-electron chi connectivity index (χ3n) is 6.84. The van der Waals surface area contributed by atoms with E-state index in [0.29, 0.717) is 14.5 Å². The second-order valence-corrected chi connectivity index (χ2v) is 11.4. The van der Waals surface area contributed by atoms with Crippen molar-refractivity contribution in [1.29, 1.82) is 0 Å². The molecule has 0 spiro atoms. The van der Waals surface area contributed by atoms with Gasteiger partial charge in [0.2, 0.25) is 0 Å². The number of para-hydroxylation sites is 1. The van der Waals surface area contributed by atoms with Gasteiger partial charge in [-0.2, -0.15) is 6.07 Å². The molecular formula is C32H20N4OSe. The van der Waals surface area contributed by atoms with Crippen LogP contribution in [0.5, 0.6) is 11.5 Å². The molecule has 38 heavy (non-hydrogen) atoms. The third-order valence-corrected chi connectivity index (χ3v) is 9.13. The Morgan fingerprint density at radius 3 is 2.47 bits per heavy atom. The Morgan fingerprint density at radius 2 is 1.55 bits per heavy atom. The van der Waals surface area contributed by atoms with E-state index in [9.17, 15) is 0 Å². The zero-order valence-corrected chi connectivity index (χ0v) is 21.9. The van der Waals surface area contributed by atoms with E-state index in [1.807, 2.05) is 58.0 Å². The summed E-state index contributed by atoms with van der Waals surface area (Å²) in [5, 5.41) is 8.54. The topological polar surface area (TPSA) is 35.9 Å². The predicted octanol–water partition coefficient (Wildman–Crippen LogP) is 6.53. The van der Waals surface area contributed by atoms with Gasteiger partial charge in [-0.15, -0.1) is 12.1 Å². The van der Waals surface area contributed by atoms with E-state index in [1.54, 1.807) is 0 Å². The van der Waals surface area contributed by atoms with Gasteiger partial charge in [-0.05, 0) is 6.07 Å². The van der Waals surface area contributed by atoms with Crippen molar-refractivity contribution in [3.63, 3.8) is 0 Å². The first-order chi connectivity index (χ1) is 18.8. The summed E-state index contributed by atoms with van der Waals surface area (Å²) < 4.78 is 15.2. The van der Waals surface area contributed by atoms with Crippen LogP contribution in [0.1, 0.15) is 0 Å². The minimum atomic E-state index is 0.292. The molecule has 0 saturated heterocycles. The predicted molar refractivity (Wildman–Crippen MR) is 151 cm³/mol. The quantitative estimate of drug-likeness (QED) is 0.141. The van der Waals surface area contributed by atoms with Crippen LogP contribution < -0.4 is 9.41 Å². The van der Waals surface area contributed by atoms with Crippen LogP contribution in [-0.4, -0.2) is 29.0 Å². The number of pyridine rings is 1. The van der Waals surface area contributed by atoms with E-state index in [0.717, 1.165) is 33.7 Å². The summed E-state index contributed by atoms with van der Waals surface area (Å²) >= 11 is 0.292. The third kappa shape index (κ3) is 3.39. The molecule has 0 bridgehead atoms. The summed E-state index contributed by atoms with van der Waals surface area (Å²) in [6, 6.07) is 37.3. The summed E-state index contributed by atoms with van der Waals surface area (Å²) in [5.74, 6) is 1.54. The van der Waals surface area contributed by atoms with E-state index in [-0.39, 0.29) is 0 Å². The number of hydrogen-bond acceptors (Lipinski definition) is 2. The summed E-state index contributed by atoms with van der Waals surface area (Å²) in [5.41, 5.74) is 4.25. The summed E-state index contributed by atoms with van der Waals surface area (Å²) in [6.07, 6.45) is 7.47. The van der Waals surface area contributed by atoms with Crippen molar-refractivity contribution in [1.82, 2.24) is 14.5 Å². The zero-order valence-electron chi connectivity index (χ0n) is 20.2. The van der Waals surface area contributed by atoms with Crippen LogP contribution in [0, 0.1) is 6.20 Å². The molecule has 0 saturated carbocycles.